The summed E-state index contributed by atoms with van der Waals surface area (Å²) in [6.07, 6.45) is 0. The van der Waals surface area contributed by atoms with Gasteiger partial charge in [0.05, 0.1) is 6.04 Å². The van der Waals surface area contributed by atoms with Gasteiger partial charge in [0.15, 0.2) is 5.11 Å². The molecule has 2 N–H and O–H groups in total. The van der Waals surface area contributed by atoms with Crippen molar-refractivity contribution >= 4 is 23.2 Å². The average molecular weight is 298 g/mol. The maximum absolute atomic E-state index is 12.0. The minimum atomic E-state index is -0.201. The van der Waals surface area contributed by atoms with Crippen LogP contribution in [0.4, 0.5) is 0 Å². The molecule has 2 aromatic carbocycles. The first-order chi connectivity index (χ1) is 10.1. The van der Waals surface area contributed by atoms with E-state index in [9.17, 15) is 4.79 Å². The molecule has 0 spiro atoms. The second kappa shape index (κ2) is 6.99. The Hall–Kier alpha value is -2.20. The summed E-state index contributed by atoms with van der Waals surface area (Å²) in [5.74, 6) is -0.201. The molecule has 0 saturated carbocycles. The highest BCUT2D eigenvalue weighted by molar-refractivity contribution is 7.80. The molecule has 0 bridgehead atoms. The summed E-state index contributed by atoms with van der Waals surface area (Å²) >= 11 is 5.19. The van der Waals surface area contributed by atoms with E-state index in [1.165, 1.54) is 0 Å². The van der Waals surface area contributed by atoms with Crippen molar-refractivity contribution in [1.82, 2.24) is 10.6 Å². The number of hydrogen-bond acceptors (Lipinski definition) is 2. The van der Waals surface area contributed by atoms with Crippen molar-refractivity contribution in [3.8, 4) is 0 Å². The smallest absolute Gasteiger partial charge is 0.257 e. The number of aryl methyl sites for hydroxylation is 1. The lowest BCUT2D eigenvalue weighted by atomic mass is 10.1. The molecule has 0 aliphatic rings. The number of carbonyl (C=O) groups excluding carboxylic acids is 1. The zero-order valence-electron chi connectivity index (χ0n) is 12.1. The normalized spacial score (nSPS) is 11.5. The van der Waals surface area contributed by atoms with Gasteiger partial charge in [-0.15, -0.1) is 0 Å². The predicted octanol–water partition coefficient (Wildman–Crippen LogP) is 3.36. The monoisotopic (exact) mass is 298 g/mol. The van der Waals surface area contributed by atoms with E-state index in [1.807, 2.05) is 56.3 Å². The third-order valence-corrected chi connectivity index (χ3v) is 3.41. The van der Waals surface area contributed by atoms with Crippen molar-refractivity contribution < 1.29 is 4.79 Å². The summed E-state index contributed by atoms with van der Waals surface area (Å²) in [6.45, 7) is 3.98. The molecule has 108 valence electrons. The van der Waals surface area contributed by atoms with E-state index in [-0.39, 0.29) is 11.9 Å². The number of nitrogens with one attached hydrogen (secondary N) is 2. The lowest BCUT2D eigenvalue weighted by molar-refractivity contribution is 0.0976. The number of thiocarbonyl (C=S) groups is 1. The zero-order valence-corrected chi connectivity index (χ0v) is 12.9. The maximum atomic E-state index is 12.0. The second-order valence-electron chi connectivity index (χ2n) is 4.93. The minimum absolute atomic E-state index is 0.0389. The van der Waals surface area contributed by atoms with Gasteiger partial charge in [-0.3, -0.25) is 10.1 Å². The van der Waals surface area contributed by atoms with E-state index in [4.69, 9.17) is 12.2 Å². The van der Waals surface area contributed by atoms with Gasteiger partial charge in [0.1, 0.15) is 0 Å². The number of hydrogen-bond donors (Lipinski definition) is 2. The van der Waals surface area contributed by atoms with E-state index in [1.54, 1.807) is 12.1 Å². The van der Waals surface area contributed by atoms with Crippen molar-refractivity contribution in [1.29, 1.82) is 0 Å². The van der Waals surface area contributed by atoms with Gasteiger partial charge >= 0.3 is 0 Å². The van der Waals surface area contributed by atoms with Crippen LogP contribution >= 0.6 is 12.2 Å². The van der Waals surface area contributed by atoms with Crippen molar-refractivity contribution in [2.45, 2.75) is 19.9 Å². The van der Waals surface area contributed by atoms with Crippen LogP contribution in [-0.4, -0.2) is 11.0 Å². The highest BCUT2D eigenvalue weighted by Gasteiger charge is 2.10. The highest BCUT2D eigenvalue weighted by Crippen LogP contribution is 2.10. The number of carbonyl (C=O) groups is 1. The molecular formula is C17H18N2OS. The van der Waals surface area contributed by atoms with Gasteiger partial charge < -0.3 is 5.32 Å². The van der Waals surface area contributed by atoms with Gasteiger partial charge in [-0.1, -0.05) is 48.0 Å². The van der Waals surface area contributed by atoms with Crippen LogP contribution in [0.5, 0.6) is 0 Å². The minimum Gasteiger partial charge on any atom is -0.356 e. The number of amides is 1. The standard InChI is InChI=1S/C17H18N2OS/c1-12-8-10-15(11-9-12)16(20)19-17(21)18-13(2)14-6-4-3-5-7-14/h3-11,13H,1-2H3,(H2,18,19,20,21). The number of rotatable bonds is 3. The second-order valence-corrected chi connectivity index (χ2v) is 5.33. The first-order valence-electron chi connectivity index (χ1n) is 6.79. The predicted molar refractivity (Wildman–Crippen MR) is 89.2 cm³/mol. The molecular weight excluding hydrogens is 280 g/mol. The molecule has 1 amide bonds. The Labute approximate surface area is 130 Å². The van der Waals surface area contributed by atoms with E-state index in [0.29, 0.717) is 10.7 Å². The third-order valence-electron chi connectivity index (χ3n) is 3.19. The van der Waals surface area contributed by atoms with Gasteiger partial charge in [0.2, 0.25) is 0 Å². The highest BCUT2D eigenvalue weighted by atomic mass is 32.1. The van der Waals surface area contributed by atoms with Crippen LogP contribution in [0.15, 0.2) is 54.6 Å². The van der Waals surface area contributed by atoms with E-state index in [0.717, 1.165) is 11.1 Å². The molecule has 0 fully saturated rings. The summed E-state index contributed by atoms with van der Waals surface area (Å²) in [7, 11) is 0. The van der Waals surface area contributed by atoms with Crippen molar-refractivity contribution in [3.63, 3.8) is 0 Å². The Morgan fingerprint density at radius 2 is 1.67 bits per heavy atom. The van der Waals surface area contributed by atoms with Gasteiger partial charge in [-0.25, -0.2) is 0 Å². The van der Waals surface area contributed by atoms with Gasteiger partial charge in [0, 0.05) is 5.56 Å². The molecule has 2 rings (SSSR count). The van der Waals surface area contributed by atoms with Crippen LogP contribution in [0.3, 0.4) is 0 Å². The Balaban J connectivity index is 1.92. The van der Waals surface area contributed by atoms with Crippen LogP contribution in [0, 0.1) is 6.92 Å². The fourth-order valence-electron chi connectivity index (χ4n) is 1.94. The van der Waals surface area contributed by atoms with Crippen LogP contribution in [0.25, 0.3) is 0 Å². The molecule has 0 radical (unpaired) electrons. The Kier molecular flexibility index (Phi) is 5.06. The third kappa shape index (κ3) is 4.39. The Morgan fingerprint density at radius 1 is 1.05 bits per heavy atom. The fraction of sp³-hybridized carbons (Fsp3) is 0.176. The van der Waals surface area contributed by atoms with Crippen LogP contribution in [0.2, 0.25) is 0 Å². The lowest BCUT2D eigenvalue weighted by Gasteiger charge is -2.16. The first-order valence-corrected chi connectivity index (χ1v) is 7.20. The Morgan fingerprint density at radius 3 is 2.29 bits per heavy atom. The van der Waals surface area contributed by atoms with Crippen LogP contribution in [0.1, 0.15) is 34.5 Å². The molecule has 4 heteroatoms. The molecule has 0 aliphatic heterocycles. The van der Waals surface area contributed by atoms with Crippen LogP contribution < -0.4 is 10.6 Å². The van der Waals surface area contributed by atoms with E-state index >= 15 is 0 Å². The molecule has 0 heterocycles. The summed E-state index contributed by atoms with van der Waals surface area (Å²) in [6, 6.07) is 17.4. The summed E-state index contributed by atoms with van der Waals surface area (Å²) in [5.41, 5.74) is 2.83. The summed E-state index contributed by atoms with van der Waals surface area (Å²) in [4.78, 5) is 12.0. The van der Waals surface area contributed by atoms with Crippen molar-refractivity contribution in [2.75, 3.05) is 0 Å². The molecule has 1 atom stereocenters. The van der Waals surface area contributed by atoms with Crippen molar-refractivity contribution in [3.05, 3.63) is 71.3 Å². The SMILES string of the molecule is Cc1ccc(C(=O)NC(=S)NC(C)c2ccccc2)cc1. The van der Waals surface area contributed by atoms with Gasteiger partial charge in [-0.05, 0) is 43.8 Å². The molecule has 0 saturated heterocycles. The van der Waals surface area contributed by atoms with Crippen molar-refractivity contribution in [2.24, 2.45) is 0 Å². The lowest BCUT2D eigenvalue weighted by Crippen LogP contribution is -2.40. The summed E-state index contributed by atoms with van der Waals surface area (Å²) < 4.78 is 0. The first kappa shape index (κ1) is 15.2. The van der Waals surface area contributed by atoms with Gasteiger partial charge in [0.25, 0.3) is 5.91 Å². The zero-order chi connectivity index (χ0) is 15.2. The Bertz CT molecular complexity index is 623. The largest absolute Gasteiger partial charge is 0.356 e. The number of benzene rings is 2. The molecule has 3 nitrogen and oxygen atoms in total. The molecule has 1 unspecified atom stereocenters. The van der Waals surface area contributed by atoms with Gasteiger partial charge in [-0.2, -0.15) is 0 Å². The topological polar surface area (TPSA) is 41.1 Å². The van der Waals surface area contributed by atoms with Crippen LogP contribution in [-0.2, 0) is 0 Å². The maximum Gasteiger partial charge on any atom is 0.257 e. The molecule has 2 aromatic rings. The molecule has 21 heavy (non-hydrogen) atoms. The summed E-state index contributed by atoms with van der Waals surface area (Å²) in [5, 5.41) is 6.14. The van der Waals surface area contributed by atoms with E-state index in [2.05, 4.69) is 10.6 Å². The average Bonchev–Trinajstić information content (AvgIpc) is 2.48. The fourth-order valence-corrected chi connectivity index (χ4v) is 2.21. The quantitative estimate of drug-likeness (QED) is 0.854. The van der Waals surface area contributed by atoms with E-state index < -0.39 is 0 Å². The molecule has 0 aromatic heterocycles. The molecule has 0 aliphatic carbocycles.